The van der Waals surface area contributed by atoms with Gasteiger partial charge in [-0.25, -0.2) is 4.98 Å². The molecule has 2 heterocycles. The number of hydrogen-bond acceptors (Lipinski definition) is 4. The van der Waals surface area contributed by atoms with Gasteiger partial charge in [-0.3, -0.25) is 9.59 Å². The highest BCUT2D eigenvalue weighted by Gasteiger charge is 2.15. The molecule has 2 N–H and O–H groups in total. The molecule has 1 aliphatic heterocycles. The Balaban J connectivity index is 1.34. The van der Waals surface area contributed by atoms with Gasteiger partial charge in [0.15, 0.2) is 6.61 Å². The molecule has 3 aromatic rings. The Morgan fingerprint density at radius 2 is 2.00 bits per heavy atom. The summed E-state index contributed by atoms with van der Waals surface area (Å²) < 4.78 is 5.61. The van der Waals surface area contributed by atoms with Crippen LogP contribution in [0.25, 0.3) is 0 Å². The van der Waals surface area contributed by atoms with E-state index in [9.17, 15) is 9.59 Å². The molecule has 0 unspecified atom stereocenters. The van der Waals surface area contributed by atoms with Gasteiger partial charge in [-0.05, 0) is 66.4 Å². The standard InChI is InChI=1S/C24H19N3O3/c28-23-12-8-18-15-21(10-11-22(18)27-23)30-16-24(29)26-20-6-3-4-17(14-20)7-9-19-5-1-2-13-25-19/h1-6,10-11,13-15H,8,12,16H2,(H,26,29)(H,27,28). The van der Waals surface area contributed by atoms with Crippen molar-refractivity contribution in [2.45, 2.75) is 12.8 Å². The number of nitrogens with zero attached hydrogens (tertiary/aromatic N) is 1. The van der Waals surface area contributed by atoms with Crippen LogP contribution >= 0.6 is 0 Å². The van der Waals surface area contributed by atoms with Gasteiger partial charge in [0.05, 0.1) is 0 Å². The van der Waals surface area contributed by atoms with Crippen LogP contribution in [-0.2, 0) is 16.0 Å². The first-order chi connectivity index (χ1) is 14.7. The van der Waals surface area contributed by atoms with E-state index in [0.29, 0.717) is 30.0 Å². The van der Waals surface area contributed by atoms with Gasteiger partial charge in [0.1, 0.15) is 11.4 Å². The number of benzene rings is 2. The topological polar surface area (TPSA) is 80.3 Å². The van der Waals surface area contributed by atoms with Gasteiger partial charge in [-0.2, -0.15) is 0 Å². The number of amides is 2. The predicted octanol–water partition coefficient (Wildman–Crippen LogP) is 3.38. The van der Waals surface area contributed by atoms with E-state index in [1.54, 1.807) is 30.5 Å². The van der Waals surface area contributed by atoms with Crippen molar-refractivity contribution in [1.29, 1.82) is 0 Å². The first-order valence-electron chi connectivity index (χ1n) is 9.54. The van der Waals surface area contributed by atoms with Crippen molar-refractivity contribution < 1.29 is 14.3 Å². The predicted molar refractivity (Wildman–Crippen MR) is 114 cm³/mol. The molecule has 0 spiro atoms. The van der Waals surface area contributed by atoms with Gasteiger partial charge in [0, 0.05) is 29.6 Å². The maximum atomic E-state index is 12.3. The van der Waals surface area contributed by atoms with Crippen LogP contribution in [0, 0.1) is 11.8 Å². The number of hydrogen-bond donors (Lipinski definition) is 2. The number of fused-ring (bicyclic) bond motifs is 1. The number of aryl methyl sites for hydroxylation is 1. The molecular weight excluding hydrogens is 378 g/mol. The van der Waals surface area contributed by atoms with Gasteiger partial charge >= 0.3 is 0 Å². The molecule has 4 rings (SSSR count). The lowest BCUT2D eigenvalue weighted by Crippen LogP contribution is -2.21. The molecule has 148 valence electrons. The van der Waals surface area contributed by atoms with Crippen molar-refractivity contribution in [3.8, 4) is 17.6 Å². The fourth-order valence-electron chi connectivity index (χ4n) is 3.04. The number of ether oxygens (including phenoxy) is 1. The third kappa shape index (κ3) is 5.03. The van der Waals surface area contributed by atoms with Crippen molar-refractivity contribution in [3.05, 3.63) is 83.7 Å². The number of rotatable bonds is 4. The number of nitrogens with one attached hydrogen (secondary N) is 2. The summed E-state index contributed by atoms with van der Waals surface area (Å²) in [5, 5.41) is 5.64. The fraction of sp³-hybridized carbons (Fsp3) is 0.125. The summed E-state index contributed by atoms with van der Waals surface area (Å²) in [4.78, 5) is 27.9. The van der Waals surface area contributed by atoms with E-state index in [-0.39, 0.29) is 18.4 Å². The first-order valence-corrected chi connectivity index (χ1v) is 9.54. The van der Waals surface area contributed by atoms with E-state index in [0.717, 1.165) is 16.8 Å². The maximum absolute atomic E-state index is 12.3. The quantitative estimate of drug-likeness (QED) is 0.662. The number of carbonyl (C=O) groups is 2. The molecule has 0 atom stereocenters. The van der Waals surface area contributed by atoms with Crippen molar-refractivity contribution in [2.75, 3.05) is 17.2 Å². The van der Waals surface area contributed by atoms with Gasteiger partial charge in [0.2, 0.25) is 5.91 Å². The third-order valence-corrected chi connectivity index (χ3v) is 4.49. The Kier molecular flexibility index (Phi) is 5.72. The van der Waals surface area contributed by atoms with E-state index in [1.807, 2.05) is 36.4 Å². The van der Waals surface area contributed by atoms with Crippen molar-refractivity contribution in [2.24, 2.45) is 0 Å². The van der Waals surface area contributed by atoms with Crippen LogP contribution in [0.2, 0.25) is 0 Å². The molecule has 2 aromatic carbocycles. The van der Waals surface area contributed by atoms with Gasteiger partial charge < -0.3 is 15.4 Å². The highest BCUT2D eigenvalue weighted by atomic mass is 16.5. The SMILES string of the molecule is O=C(COc1ccc2c(c1)CCC(=O)N2)Nc1cccc(C#Cc2ccccn2)c1. The Morgan fingerprint density at radius 3 is 2.87 bits per heavy atom. The van der Waals surface area contributed by atoms with Crippen molar-refractivity contribution in [3.63, 3.8) is 0 Å². The summed E-state index contributed by atoms with van der Waals surface area (Å²) in [5.41, 5.74) is 3.91. The van der Waals surface area contributed by atoms with Crippen LogP contribution in [0.1, 0.15) is 23.2 Å². The van der Waals surface area contributed by atoms with Crippen LogP contribution in [-0.4, -0.2) is 23.4 Å². The average Bonchev–Trinajstić information content (AvgIpc) is 2.77. The average molecular weight is 397 g/mol. The van der Waals surface area contributed by atoms with E-state index in [1.165, 1.54) is 0 Å². The van der Waals surface area contributed by atoms with Crippen LogP contribution in [0.5, 0.6) is 5.75 Å². The third-order valence-electron chi connectivity index (χ3n) is 4.49. The molecule has 0 saturated carbocycles. The number of carbonyl (C=O) groups excluding carboxylic acids is 2. The Bertz CT molecular complexity index is 1150. The van der Waals surface area contributed by atoms with Crippen LogP contribution < -0.4 is 15.4 Å². The van der Waals surface area contributed by atoms with E-state index >= 15 is 0 Å². The summed E-state index contributed by atoms with van der Waals surface area (Å²) in [7, 11) is 0. The fourth-order valence-corrected chi connectivity index (χ4v) is 3.04. The monoisotopic (exact) mass is 397 g/mol. The largest absolute Gasteiger partial charge is 0.484 e. The summed E-state index contributed by atoms with van der Waals surface area (Å²) in [6.07, 6.45) is 2.81. The summed E-state index contributed by atoms with van der Waals surface area (Å²) in [5.74, 6) is 6.37. The second kappa shape index (κ2) is 8.93. The molecule has 0 aliphatic carbocycles. The Labute approximate surface area is 174 Å². The number of anilines is 2. The zero-order valence-electron chi connectivity index (χ0n) is 16.1. The molecule has 30 heavy (non-hydrogen) atoms. The Hall–Kier alpha value is -4.11. The lowest BCUT2D eigenvalue weighted by Gasteiger charge is -2.17. The highest BCUT2D eigenvalue weighted by molar-refractivity contribution is 5.94. The summed E-state index contributed by atoms with van der Waals surface area (Å²) in [6.45, 7) is -0.116. The summed E-state index contributed by atoms with van der Waals surface area (Å²) >= 11 is 0. The minimum atomic E-state index is -0.268. The second-order valence-electron chi connectivity index (χ2n) is 6.75. The lowest BCUT2D eigenvalue weighted by molar-refractivity contribution is -0.118. The van der Waals surface area contributed by atoms with Crippen molar-refractivity contribution in [1.82, 2.24) is 4.98 Å². The molecule has 1 aliphatic rings. The van der Waals surface area contributed by atoms with E-state index in [2.05, 4.69) is 27.5 Å². The van der Waals surface area contributed by atoms with Gasteiger partial charge in [0.25, 0.3) is 5.91 Å². The van der Waals surface area contributed by atoms with E-state index < -0.39 is 0 Å². The zero-order chi connectivity index (χ0) is 20.8. The molecule has 6 heteroatoms. The molecule has 6 nitrogen and oxygen atoms in total. The summed E-state index contributed by atoms with van der Waals surface area (Å²) in [6, 6.07) is 18.2. The van der Waals surface area contributed by atoms with Crippen LogP contribution in [0.3, 0.4) is 0 Å². The first kappa shape index (κ1) is 19.2. The molecule has 0 fully saturated rings. The van der Waals surface area contributed by atoms with Crippen LogP contribution in [0.4, 0.5) is 11.4 Å². The normalized spacial score (nSPS) is 12.1. The van der Waals surface area contributed by atoms with Crippen molar-refractivity contribution >= 4 is 23.2 Å². The van der Waals surface area contributed by atoms with E-state index in [4.69, 9.17) is 4.74 Å². The highest BCUT2D eigenvalue weighted by Crippen LogP contribution is 2.26. The molecule has 0 saturated heterocycles. The Morgan fingerprint density at radius 1 is 1.07 bits per heavy atom. The molecule has 0 bridgehead atoms. The lowest BCUT2D eigenvalue weighted by atomic mass is 10.0. The van der Waals surface area contributed by atoms with Gasteiger partial charge in [-0.15, -0.1) is 0 Å². The van der Waals surface area contributed by atoms with Crippen LogP contribution in [0.15, 0.2) is 66.9 Å². The number of aromatic nitrogens is 1. The minimum absolute atomic E-state index is 0.0162. The van der Waals surface area contributed by atoms with Gasteiger partial charge in [-0.1, -0.05) is 18.1 Å². The zero-order valence-corrected chi connectivity index (χ0v) is 16.1. The second-order valence-corrected chi connectivity index (χ2v) is 6.75. The molecule has 1 aromatic heterocycles. The molecular formula is C24H19N3O3. The maximum Gasteiger partial charge on any atom is 0.262 e. The number of pyridine rings is 1. The smallest absolute Gasteiger partial charge is 0.262 e. The molecule has 0 radical (unpaired) electrons. The minimum Gasteiger partial charge on any atom is -0.484 e. The molecule has 2 amide bonds.